The summed E-state index contributed by atoms with van der Waals surface area (Å²) in [5.74, 6) is 0.538. The second-order valence-electron chi connectivity index (χ2n) is 3.89. The quantitative estimate of drug-likeness (QED) is 0.853. The average Bonchev–Trinajstić information content (AvgIpc) is 2.35. The molecule has 0 fully saturated rings. The molecule has 18 heavy (non-hydrogen) atoms. The Labute approximate surface area is 116 Å². The average molecular weight is 282 g/mol. The molecule has 94 valence electrons. The van der Waals surface area contributed by atoms with Crippen molar-refractivity contribution in [3.05, 3.63) is 58.1 Å². The summed E-state index contributed by atoms with van der Waals surface area (Å²) >= 11 is 12.0. The number of hydrogen-bond donors (Lipinski definition) is 1. The normalized spacial score (nSPS) is 10.3. The van der Waals surface area contributed by atoms with E-state index in [-0.39, 0.29) is 0 Å². The maximum absolute atomic E-state index is 6.01. The highest BCUT2D eigenvalue weighted by atomic mass is 35.5. The predicted octanol–water partition coefficient (Wildman–Crippen LogP) is 4.20. The van der Waals surface area contributed by atoms with E-state index >= 15 is 0 Å². The van der Waals surface area contributed by atoms with Crippen molar-refractivity contribution in [2.24, 2.45) is 0 Å². The monoisotopic (exact) mass is 281 g/mol. The van der Waals surface area contributed by atoms with Crippen molar-refractivity contribution in [3.63, 3.8) is 0 Å². The zero-order valence-electron chi connectivity index (χ0n) is 9.70. The van der Waals surface area contributed by atoms with Gasteiger partial charge in [0.1, 0.15) is 0 Å². The van der Waals surface area contributed by atoms with Crippen LogP contribution >= 0.6 is 23.2 Å². The van der Waals surface area contributed by atoms with E-state index in [1.54, 1.807) is 18.2 Å². The molecule has 2 nitrogen and oxygen atoms in total. The predicted molar refractivity (Wildman–Crippen MR) is 76.5 cm³/mol. The maximum atomic E-state index is 6.01. The molecule has 0 aliphatic carbocycles. The standard InChI is InChI=1S/C14H13Cl2NO/c15-12-2-1-3-13(16)14(12)18-9-8-10-4-6-11(17)7-5-10/h1-7H,8-9,17H2. The molecular weight excluding hydrogens is 269 g/mol. The number of benzene rings is 2. The Hall–Kier alpha value is -1.38. The highest BCUT2D eigenvalue weighted by molar-refractivity contribution is 6.37. The minimum absolute atomic E-state index is 0.521. The van der Waals surface area contributed by atoms with Crippen LogP contribution in [0.1, 0.15) is 5.56 Å². The Morgan fingerprint density at radius 2 is 1.56 bits per heavy atom. The molecule has 2 rings (SSSR count). The molecule has 0 aliphatic rings. The van der Waals surface area contributed by atoms with Crippen LogP contribution in [-0.2, 0) is 6.42 Å². The molecule has 0 unspecified atom stereocenters. The van der Waals surface area contributed by atoms with E-state index in [0.717, 1.165) is 17.7 Å². The zero-order valence-corrected chi connectivity index (χ0v) is 11.2. The van der Waals surface area contributed by atoms with Gasteiger partial charge in [-0.25, -0.2) is 0 Å². The van der Waals surface area contributed by atoms with Crippen LogP contribution in [0.3, 0.4) is 0 Å². The summed E-state index contributed by atoms with van der Waals surface area (Å²) in [5.41, 5.74) is 7.54. The van der Waals surface area contributed by atoms with Crippen LogP contribution in [0, 0.1) is 0 Å². The molecule has 2 N–H and O–H groups in total. The molecule has 0 aromatic heterocycles. The first kappa shape index (κ1) is 13.1. The topological polar surface area (TPSA) is 35.2 Å². The molecule has 0 amide bonds. The lowest BCUT2D eigenvalue weighted by atomic mass is 10.1. The van der Waals surface area contributed by atoms with E-state index in [1.165, 1.54) is 0 Å². The summed E-state index contributed by atoms with van der Waals surface area (Å²) in [5, 5.41) is 1.06. The Kier molecular flexibility index (Phi) is 4.34. The Balaban J connectivity index is 1.94. The first-order valence-electron chi connectivity index (χ1n) is 5.58. The third-order valence-corrected chi connectivity index (χ3v) is 3.13. The van der Waals surface area contributed by atoms with Gasteiger partial charge >= 0.3 is 0 Å². The molecule has 4 heteroatoms. The highest BCUT2D eigenvalue weighted by Gasteiger charge is 2.06. The molecule has 0 bridgehead atoms. The molecule has 0 saturated heterocycles. The van der Waals surface area contributed by atoms with E-state index in [1.807, 2.05) is 24.3 Å². The van der Waals surface area contributed by atoms with Crippen molar-refractivity contribution in [3.8, 4) is 5.75 Å². The van der Waals surface area contributed by atoms with Gasteiger partial charge in [0.25, 0.3) is 0 Å². The number of halogens is 2. The molecule has 0 radical (unpaired) electrons. The fourth-order valence-corrected chi connectivity index (χ4v) is 2.08. The van der Waals surface area contributed by atoms with Gasteiger partial charge < -0.3 is 10.5 Å². The van der Waals surface area contributed by atoms with Gasteiger partial charge in [-0.1, -0.05) is 41.4 Å². The van der Waals surface area contributed by atoms with Crippen molar-refractivity contribution in [2.45, 2.75) is 6.42 Å². The van der Waals surface area contributed by atoms with E-state index in [9.17, 15) is 0 Å². The smallest absolute Gasteiger partial charge is 0.156 e. The first-order valence-corrected chi connectivity index (χ1v) is 6.33. The molecule has 2 aromatic carbocycles. The van der Waals surface area contributed by atoms with Crippen LogP contribution in [0.2, 0.25) is 10.0 Å². The second kappa shape index (κ2) is 5.98. The molecule has 0 aliphatic heterocycles. The number of rotatable bonds is 4. The maximum Gasteiger partial charge on any atom is 0.156 e. The SMILES string of the molecule is Nc1ccc(CCOc2c(Cl)cccc2Cl)cc1. The van der Waals surface area contributed by atoms with Gasteiger partial charge in [-0.3, -0.25) is 0 Å². The molecule has 2 aromatic rings. The van der Waals surface area contributed by atoms with Crippen LogP contribution in [0.4, 0.5) is 5.69 Å². The Morgan fingerprint density at radius 3 is 2.17 bits per heavy atom. The summed E-state index contributed by atoms with van der Waals surface area (Å²) in [6.07, 6.45) is 0.780. The van der Waals surface area contributed by atoms with E-state index in [0.29, 0.717) is 22.4 Å². The molecular formula is C14H13Cl2NO. The number of anilines is 1. The largest absolute Gasteiger partial charge is 0.490 e. The number of nitrogens with two attached hydrogens (primary N) is 1. The summed E-state index contributed by atoms with van der Waals surface area (Å²) in [6, 6.07) is 13.0. The van der Waals surface area contributed by atoms with E-state index in [2.05, 4.69) is 0 Å². The third kappa shape index (κ3) is 3.31. The zero-order chi connectivity index (χ0) is 13.0. The number of para-hydroxylation sites is 1. The van der Waals surface area contributed by atoms with Crippen molar-refractivity contribution < 1.29 is 4.74 Å². The first-order chi connectivity index (χ1) is 8.66. The van der Waals surface area contributed by atoms with Crippen LogP contribution < -0.4 is 10.5 Å². The van der Waals surface area contributed by atoms with Crippen molar-refractivity contribution in [2.75, 3.05) is 12.3 Å². The molecule has 0 atom stereocenters. The molecule has 0 spiro atoms. The van der Waals surface area contributed by atoms with Crippen molar-refractivity contribution in [1.82, 2.24) is 0 Å². The van der Waals surface area contributed by atoms with Crippen LogP contribution in [0.15, 0.2) is 42.5 Å². The van der Waals surface area contributed by atoms with Gasteiger partial charge in [-0.05, 0) is 29.8 Å². The summed E-state index contributed by atoms with van der Waals surface area (Å²) in [7, 11) is 0. The molecule has 0 heterocycles. The van der Waals surface area contributed by atoms with Gasteiger partial charge in [0.2, 0.25) is 0 Å². The lowest BCUT2D eigenvalue weighted by molar-refractivity contribution is 0.322. The third-order valence-electron chi connectivity index (χ3n) is 2.54. The van der Waals surface area contributed by atoms with Gasteiger partial charge in [-0.15, -0.1) is 0 Å². The van der Waals surface area contributed by atoms with E-state index in [4.69, 9.17) is 33.7 Å². The minimum atomic E-state index is 0.521. The number of hydrogen-bond acceptors (Lipinski definition) is 2. The van der Waals surface area contributed by atoms with Gasteiger partial charge in [-0.2, -0.15) is 0 Å². The second-order valence-corrected chi connectivity index (χ2v) is 4.71. The van der Waals surface area contributed by atoms with Crippen molar-refractivity contribution >= 4 is 28.9 Å². The lowest BCUT2D eigenvalue weighted by Crippen LogP contribution is -2.02. The van der Waals surface area contributed by atoms with Gasteiger partial charge in [0.15, 0.2) is 5.75 Å². The van der Waals surface area contributed by atoms with Gasteiger partial charge in [0.05, 0.1) is 16.7 Å². The van der Waals surface area contributed by atoms with Crippen LogP contribution in [-0.4, -0.2) is 6.61 Å². The van der Waals surface area contributed by atoms with Crippen LogP contribution in [0.5, 0.6) is 5.75 Å². The fourth-order valence-electron chi connectivity index (χ4n) is 1.58. The van der Waals surface area contributed by atoms with Crippen molar-refractivity contribution in [1.29, 1.82) is 0 Å². The minimum Gasteiger partial charge on any atom is -0.490 e. The Morgan fingerprint density at radius 1 is 0.944 bits per heavy atom. The number of nitrogen functional groups attached to an aromatic ring is 1. The summed E-state index contributed by atoms with van der Waals surface area (Å²) < 4.78 is 5.61. The fraction of sp³-hybridized carbons (Fsp3) is 0.143. The lowest BCUT2D eigenvalue weighted by Gasteiger charge is -2.09. The Bertz CT molecular complexity index is 506. The highest BCUT2D eigenvalue weighted by Crippen LogP contribution is 2.32. The summed E-state index contributed by atoms with van der Waals surface area (Å²) in [4.78, 5) is 0. The summed E-state index contributed by atoms with van der Waals surface area (Å²) in [6.45, 7) is 0.521. The number of ether oxygens (including phenoxy) is 1. The molecule has 0 saturated carbocycles. The van der Waals surface area contributed by atoms with E-state index < -0.39 is 0 Å². The van der Waals surface area contributed by atoms with Crippen LogP contribution in [0.25, 0.3) is 0 Å². The van der Waals surface area contributed by atoms with Gasteiger partial charge in [0, 0.05) is 12.1 Å².